The highest BCUT2D eigenvalue weighted by Crippen LogP contribution is 2.19. The number of nitrogens with two attached hydrogens (primary N) is 1. The fourth-order valence-corrected chi connectivity index (χ4v) is 2.60. The summed E-state index contributed by atoms with van der Waals surface area (Å²) in [7, 11) is 0. The zero-order valence-electron chi connectivity index (χ0n) is 13.0. The summed E-state index contributed by atoms with van der Waals surface area (Å²) >= 11 is 0. The molecule has 2 aromatic rings. The van der Waals surface area contributed by atoms with Crippen LogP contribution >= 0.6 is 0 Å². The van der Waals surface area contributed by atoms with Crippen LogP contribution in [-0.4, -0.2) is 5.91 Å². The Morgan fingerprint density at radius 2 is 1.57 bits per heavy atom. The first-order valence-corrected chi connectivity index (χ1v) is 7.13. The molecule has 2 rings (SSSR count). The second-order valence-electron chi connectivity index (χ2n) is 5.64. The minimum atomic E-state index is -0.0708. The highest BCUT2D eigenvalue weighted by Gasteiger charge is 2.13. The van der Waals surface area contributed by atoms with Crippen molar-refractivity contribution < 1.29 is 4.79 Å². The SMILES string of the molecule is Cc1cc(C)c(C(=O)Nc2ccc(C(C)N)cc2)c(C)c1. The van der Waals surface area contributed by atoms with Gasteiger partial charge in [-0.2, -0.15) is 0 Å². The third kappa shape index (κ3) is 3.50. The monoisotopic (exact) mass is 282 g/mol. The summed E-state index contributed by atoms with van der Waals surface area (Å²) in [5.74, 6) is -0.0708. The molecule has 0 aliphatic heterocycles. The Balaban J connectivity index is 2.22. The fraction of sp³-hybridized carbons (Fsp3) is 0.278. The van der Waals surface area contributed by atoms with E-state index in [4.69, 9.17) is 5.73 Å². The first-order valence-electron chi connectivity index (χ1n) is 7.13. The van der Waals surface area contributed by atoms with E-state index in [-0.39, 0.29) is 11.9 Å². The quantitative estimate of drug-likeness (QED) is 0.897. The molecule has 2 aromatic carbocycles. The number of hydrogen-bond donors (Lipinski definition) is 2. The van der Waals surface area contributed by atoms with E-state index >= 15 is 0 Å². The van der Waals surface area contributed by atoms with Gasteiger partial charge in [0, 0.05) is 17.3 Å². The smallest absolute Gasteiger partial charge is 0.256 e. The third-order valence-corrected chi connectivity index (χ3v) is 3.60. The average molecular weight is 282 g/mol. The summed E-state index contributed by atoms with van der Waals surface area (Å²) in [6.07, 6.45) is 0. The van der Waals surface area contributed by atoms with Crippen molar-refractivity contribution in [3.63, 3.8) is 0 Å². The second kappa shape index (κ2) is 6.10. The predicted octanol–water partition coefficient (Wildman–Crippen LogP) is 3.88. The molecule has 0 aromatic heterocycles. The van der Waals surface area contributed by atoms with Gasteiger partial charge in [-0.3, -0.25) is 4.79 Å². The van der Waals surface area contributed by atoms with Crippen LogP contribution in [0.25, 0.3) is 0 Å². The van der Waals surface area contributed by atoms with Crippen molar-refractivity contribution >= 4 is 11.6 Å². The molecule has 0 bridgehead atoms. The lowest BCUT2D eigenvalue weighted by molar-refractivity contribution is 0.102. The molecular formula is C18H22N2O. The number of aryl methyl sites for hydroxylation is 3. The lowest BCUT2D eigenvalue weighted by Gasteiger charge is -2.12. The summed E-state index contributed by atoms with van der Waals surface area (Å²) in [4.78, 5) is 12.5. The van der Waals surface area contributed by atoms with Gasteiger partial charge in [-0.25, -0.2) is 0 Å². The molecule has 0 saturated carbocycles. The van der Waals surface area contributed by atoms with Crippen LogP contribution in [0.5, 0.6) is 0 Å². The van der Waals surface area contributed by atoms with E-state index < -0.39 is 0 Å². The maximum absolute atomic E-state index is 12.5. The van der Waals surface area contributed by atoms with E-state index in [2.05, 4.69) is 5.32 Å². The van der Waals surface area contributed by atoms with E-state index in [1.165, 1.54) is 5.56 Å². The Morgan fingerprint density at radius 1 is 1.05 bits per heavy atom. The lowest BCUT2D eigenvalue weighted by atomic mass is 9.99. The Kier molecular flexibility index (Phi) is 4.43. The molecule has 1 unspecified atom stereocenters. The zero-order valence-corrected chi connectivity index (χ0v) is 13.0. The molecule has 3 nitrogen and oxygen atoms in total. The minimum absolute atomic E-state index is 0.00339. The van der Waals surface area contributed by atoms with Crippen molar-refractivity contribution in [2.24, 2.45) is 5.73 Å². The van der Waals surface area contributed by atoms with E-state index in [0.29, 0.717) is 0 Å². The van der Waals surface area contributed by atoms with E-state index in [1.54, 1.807) is 0 Å². The van der Waals surface area contributed by atoms with Gasteiger partial charge < -0.3 is 11.1 Å². The van der Waals surface area contributed by atoms with Gasteiger partial charge in [0.15, 0.2) is 0 Å². The van der Waals surface area contributed by atoms with Crippen molar-refractivity contribution in [3.05, 3.63) is 64.2 Å². The number of rotatable bonds is 3. The van der Waals surface area contributed by atoms with Crippen LogP contribution in [0.2, 0.25) is 0 Å². The predicted molar refractivity (Wildman–Crippen MR) is 87.7 cm³/mol. The molecule has 0 saturated heterocycles. The first-order chi connectivity index (χ1) is 9.88. The Morgan fingerprint density at radius 3 is 2.05 bits per heavy atom. The number of anilines is 1. The summed E-state index contributed by atoms with van der Waals surface area (Å²) in [6, 6.07) is 11.7. The number of amides is 1. The number of hydrogen-bond acceptors (Lipinski definition) is 2. The molecule has 0 aliphatic carbocycles. The summed E-state index contributed by atoms with van der Waals surface area (Å²) < 4.78 is 0. The van der Waals surface area contributed by atoms with Crippen molar-refractivity contribution in [1.82, 2.24) is 0 Å². The van der Waals surface area contributed by atoms with Crippen LogP contribution in [0.1, 0.15) is 45.6 Å². The maximum atomic E-state index is 12.5. The number of carbonyl (C=O) groups is 1. The van der Waals surface area contributed by atoms with Gasteiger partial charge in [0.05, 0.1) is 0 Å². The molecule has 1 amide bonds. The molecule has 0 spiro atoms. The first kappa shape index (κ1) is 15.3. The molecule has 0 radical (unpaired) electrons. The lowest BCUT2D eigenvalue weighted by Crippen LogP contribution is -2.15. The number of nitrogens with one attached hydrogen (secondary N) is 1. The van der Waals surface area contributed by atoms with Crippen LogP contribution in [0.4, 0.5) is 5.69 Å². The number of carbonyl (C=O) groups excluding carboxylic acids is 1. The molecular weight excluding hydrogens is 260 g/mol. The van der Waals surface area contributed by atoms with Gasteiger partial charge in [0.1, 0.15) is 0 Å². The third-order valence-electron chi connectivity index (χ3n) is 3.60. The summed E-state index contributed by atoms with van der Waals surface area (Å²) in [5, 5.41) is 2.95. The van der Waals surface area contributed by atoms with Gasteiger partial charge >= 0.3 is 0 Å². The van der Waals surface area contributed by atoms with Crippen molar-refractivity contribution in [3.8, 4) is 0 Å². The average Bonchev–Trinajstić information content (AvgIpc) is 2.37. The largest absolute Gasteiger partial charge is 0.324 e. The van der Waals surface area contributed by atoms with Crippen LogP contribution < -0.4 is 11.1 Å². The van der Waals surface area contributed by atoms with Gasteiger partial charge in [0.2, 0.25) is 0 Å². The molecule has 0 fully saturated rings. The van der Waals surface area contributed by atoms with Crippen LogP contribution in [-0.2, 0) is 0 Å². The van der Waals surface area contributed by atoms with Crippen LogP contribution in [0.3, 0.4) is 0 Å². The molecule has 3 N–H and O–H groups in total. The molecule has 0 heterocycles. The molecule has 3 heteroatoms. The standard InChI is InChI=1S/C18H22N2O/c1-11-9-12(2)17(13(3)10-11)18(21)20-16-7-5-15(6-8-16)14(4)19/h5-10,14H,19H2,1-4H3,(H,20,21). The Hall–Kier alpha value is -2.13. The topological polar surface area (TPSA) is 55.1 Å². The summed E-state index contributed by atoms with van der Waals surface area (Å²) in [6.45, 7) is 7.91. The summed E-state index contributed by atoms with van der Waals surface area (Å²) in [5.41, 5.74) is 11.6. The normalized spacial score (nSPS) is 12.0. The molecule has 21 heavy (non-hydrogen) atoms. The van der Waals surface area contributed by atoms with E-state index in [0.717, 1.165) is 27.9 Å². The van der Waals surface area contributed by atoms with Crippen molar-refractivity contribution in [2.45, 2.75) is 33.7 Å². The van der Waals surface area contributed by atoms with Gasteiger partial charge in [0.25, 0.3) is 5.91 Å². The van der Waals surface area contributed by atoms with Gasteiger partial charge in [-0.05, 0) is 56.5 Å². The fourth-order valence-electron chi connectivity index (χ4n) is 2.60. The van der Waals surface area contributed by atoms with Crippen molar-refractivity contribution in [1.29, 1.82) is 0 Å². The van der Waals surface area contributed by atoms with Crippen LogP contribution in [0.15, 0.2) is 36.4 Å². The highest BCUT2D eigenvalue weighted by atomic mass is 16.1. The Bertz CT molecular complexity index is 634. The zero-order chi connectivity index (χ0) is 15.6. The van der Waals surface area contributed by atoms with E-state index in [9.17, 15) is 4.79 Å². The van der Waals surface area contributed by atoms with Gasteiger partial charge in [-0.15, -0.1) is 0 Å². The number of benzene rings is 2. The van der Waals surface area contributed by atoms with Gasteiger partial charge in [-0.1, -0.05) is 29.8 Å². The van der Waals surface area contributed by atoms with Crippen LogP contribution in [0, 0.1) is 20.8 Å². The Labute approximate surface area is 126 Å². The minimum Gasteiger partial charge on any atom is -0.324 e. The maximum Gasteiger partial charge on any atom is 0.256 e. The molecule has 110 valence electrons. The highest BCUT2D eigenvalue weighted by molar-refractivity contribution is 6.06. The second-order valence-corrected chi connectivity index (χ2v) is 5.64. The molecule has 1 atom stereocenters. The molecule has 0 aliphatic rings. The van der Waals surface area contributed by atoms with Crippen molar-refractivity contribution in [2.75, 3.05) is 5.32 Å². The van der Waals surface area contributed by atoms with E-state index in [1.807, 2.05) is 64.1 Å².